The molecule has 2 heterocycles. The van der Waals surface area contributed by atoms with Gasteiger partial charge in [0.2, 0.25) is 0 Å². The van der Waals surface area contributed by atoms with Gasteiger partial charge in [-0.2, -0.15) is 0 Å². The lowest BCUT2D eigenvalue weighted by atomic mass is 9.98. The summed E-state index contributed by atoms with van der Waals surface area (Å²) in [7, 11) is 0. The number of furan rings is 1. The monoisotopic (exact) mass is 396 g/mol. The third-order valence-electron chi connectivity index (χ3n) is 4.67. The summed E-state index contributed by atoms with van der Waals surface area (Å²) in [6.07, 6.45) is 4.36. The molecule has 29 heavy (non-hydrogen) atoms. The molecule has 3 rings (SSSR count). The Kier molecular flexibility index (Phi) is 6.84. The molecule has 7 heteroatoms. The average molecular weight is 396 g/mol. The summed E-state index contributed by atoms with van der Waals surface area (Å²) in [6, 6.07) is 12.0. The fourth-order valence-electron chi connectivity index (χ4n) is 3.24. The number of amides is 2. The maximum absolute atomic E-state index is 13.2. The number of piperidine rings is 1. The Balaban J connectivity index is 1.79. The van der Waals surface area contributed by atoms with Crippen LogP contribution in [0.25, 0.3) is 6.08 Å². The standard InChI is InChI=1S/C22H24N2O5/c1-2-28-22(27)17-10-6-12-24(15-17)21(26)19(14-18-11-7-13-29-18)23-20(25)16-8-4-3-5-9-16/h3-5,7-9,11,13-14,17H,2,6,10,12,15H2,1H3,(H,23,25)/b19-14-/t17-/m0/s1. The van der Waals surface area contributed by atoms with Gasteiger partial charge in [-0.3, -0.25) is 14.4 Å². The third-order valence-corrected chi connectivity index (χ3v) is 4.67. The maximum Gasteiger partial charge on any atom is 0.310 e. The van der Waals surface area contributed by atoms with Gasteiger partial charge in [-0.1, -0.05) is 18.2 Å². The highest BCUT2D eigenvalue weighted by Crippen LogP contribution is 2.20. The van der Waals surface area contributed by atoms with Gasteiger partial charge in [0.25, 0.3) is 11.8 Å². The van der Waals surface area contributed by atoms with Crippen molar-refractivity contribution >= 4 is 23.9 Å². The molecule has 0 bridgehead atoms. The van der Waals surface area contributed by atoms with Crippen LogP contribution in [0.4, 0.5) is 0 Å². The quantitative estimate of drug-likeness (QED) is 0.599. The highest BCUT2D eigenvalue weighted by Gasteiger charge is 2.31. The van der Waals surface area contributed by atoms with E-state index >= 15 is 0 Å². The van der Waals surface area contributed by atoms with Crippen LogP contribution in [0.15, 0.2) is 58.8 Å². The van der Waals surface area contributed by atoms with Gasteiger partial charge in [-0.15, -0.1) is 0 Å². The van der Waals surface area contributed by atoms with Crippen molar-refractivity contribution < 1.29 is 23.5 Å². The van der Waals surface area contributed by atoms with Crippen molar-refractivity contribution in [2.45, 2.75) is 19.8 Å². The summed E-state index contributed by atoms with van der Waals surface area (Å²) in [5.74, 6) is -0.965. The lowest BCUT2D eigenvalue weighted by Gasteiger charge is -2.32. The van der Waals surface area contributed by atoms with Gasteiger partial charge in [0.05, 0.1) is 18.8 Å². The van der Waals surface area contributed by atoms with Crippen LogP contribution in [-0.4, -0.2) is 42.4 Å². The van der Waals surface area contributed by atoms with Gasteiger partial charge in [0, 0.05) is 24.7 Å². The molecule has 1 saturated heterocycles. The molecule has 1 aliphatic rings. The van der Waals surface area contributed by atoms with Crippen molar-refractivity contribution in [3.8, 4) is 0 Å². The van der Waals surface area contributed by atoms with E-state index in [-0.39, 0.29) is 30.0 Å². The lowest BCUT2D eigenvalue weighted by Crippen LogP contribution is -2.45. The van der Waals surface area contributed by atoms with Gasteiger partial charge in [0.15, 0.2) is 0 Å². The van der Waals surface area contributed by atoms with E-state index in [2.05, 4.69) is 5.32 Å². The van der Waals surface area contributed by atoms with E-state index in [1.807, 2.05) is 6.07 Å². The largest absolute Gasteiger partial charge is 0.466 e. The minimum Gasteiger partial charge on any atom is -0.466 e. The van der Waals surface area contributed by atoms with Gasteiger partial charge in [0.1, 0.15) is 11.5 Å². The molecule has 1 fully saturated rings. The summed E-state index contributed by atoms with van der Waals surface area (Å²) < 4.78 is 10.4. The van der Waals surface area contributed by atoms with E-state index < -0.39 is 5.91 Å². The number of benzene rings is 1. The number of likely N-dealkylation sites (tertiary alicyclic amines) is 1. The minimum atomic E-state index is -0.393. The lowest BCUT2D eigenvalue weighted by molar-refractivity contribution is -0.150. The van der Waals surface area contributed by atoms with E-state index in [0.29, 0.717) is 37.3 Å². The first-order valence-electron chi connectivity index (χ1n) is 9.66. The molecule has 2 aromatic rings. The molecular formula is C22H24N2O5. The van der Waals surface area contributed by atoms with Gasteiger partial charge < -0.3 is 19.4 Å². The molecule has 7 nitrogen and oxygen atoms in total. The van der Waals surface area contributed by atoms with Crippen molar-refractivity contribution in [2.75, 3.05) is 19.7 Å². The first kappa shape index (κ1) is 20.4. The highest BCUT2D eigenvalue weighted by molar-refractivity contribution is 6.05. The zero-order valence-corrected chi connectivity index (χ0v) is 16.3. The molecule has 0 saturated carbocycles. The summed E-state index contributed by atoms with van der Waals surface area (Å²) in [6.45, 7) is 2.83. The molecule has 1 aromatic heterocycles. The normalized spacial score (nSPS) is 16.9. The zero-order valence-electron chi connectivity index (χ0n) is 16.3. The zero-order chi connectivity index (χ0) is 20.6. The Bertz CT molecular complexity index is 874. The first-order chi connectivity index (χ1) is 14.1. The van der Waals surface area contributed by atoms with Crippen LogP contribution >= 0.6 is 0 Å². The van der Waals surface area contributed by atoms with Crippen LogP contribution in [-0.2, 0) is 14.3 Å². The Labute approximate surface area is 169 Å². The Hall–Kier alpha value is -3.35. The molecular weight excluding hydrogens is 372 g/mol. The molecule has 2 amide bonds. The second-order valence-corrected chi connectivity index (χ2v) is 6.74. The Morgan fingerprint density at radius 2 is 2.00 bits per heavy atom. The molecule has 152 valence electrons. The van der Waals surface area contributed by atoms with E-state index in [4.69, 9.17) is 9.15 Å². The van der Waals surface area contributed by atoms with Crippen molar-refractivity contribution in [1.82, 2.24) is 10.2 Å². The molecule has 0 spiro atoms. The van der Waals surface area contributed by atoms with E-state index in [1.54, 1.807) is 48.2 Å². The molecule has 1 N–H and O–H groups in total. The maximum atomic E-state index is 13.2. The number of carbonyl (C=O) groups excluding carboxylic acids is 3. The summed E-state index contributed by atoms with van der Waals surface area (Å²) in [5.41, 5.74) is 0.534. The van der Waals surface area contributed by atoms with E-state index in [0.717, 1.165) is 0 Å². The smallest absolute Gasteiger partial charge is 0.310 e. The number of carbonyl (C=O) groups is 3. The van der Waals surface area contributed by atoms with Crippen LogP contribution in [0.5, 0.6) is 0 Å². The number of esters is 1. The topological polar surface area (TPSA) is 88.8 Å². The number of hydrogen-bond acceptors (Lipinski definition) is 5. The van der Waals surface area contributed by atoms with Crippen molar-refractivity contribution in [1.29, 1.82) is 0 Å². The number of nitrogens with zero attached hydrogens (tertiary/aromatic N) is 1. The minimum absolute atomic E-state index is 0.0957. The first-order valence-corrected chi connectivity index (χ1v) is 9.66. The van der Waals surface area contributed by atoms with Gasteiger partial charge >= 0.3 is 5.97 Å². The summed E-state index contributed by atoms with van der Waals surface area (Å²) in [4.78, 5) is 39.4. The Morgan fingerprint density at radius 1 is 1.21 bits per heavy atom. The van der Waals surface area contributed by atoms with E-state index in [9.17, 15) is 14.4 Å². The Morgan fingerprint density at radius 3 is 2.69 bits per heavy atom. The van der Waals surface area contributed by atoms with Crippen molar-refractivity contribution in [3.05, 3.63) is 65.7 Å². The predicted octanol–water partition coefficient (Wildman–Crippen LogP) is 2.85. The number of hydrogen-bond donors (Lipinski definition) is 1. The van der Waals surface area contributed by atoms with Crippen LogP contribution in [0.2, 0.25) is 0 Å². The summed E-state index contributed by atoms with van der Waals surface area (Å²) >= 11 is 0. The molecule has 1 aliphatic heterocycles. The van der Waals surface area contributed by atoms with Crippen LogP contribution in [0.1, 0.15) is 35.9 Å². The van der Waals surface area contributed by atoms with Crippen molar-refractivity contribution in [3.63, 3.8) is 0 Å². The predicted molar refractivity (Wildman–Crippen MR) is 107 cm³/mol. The second-order valence-electron chi connectivity index (χ2n) is 6.74. The highest BCUT2D eigenvalue weighted by atomic mass is 16.5. The van der Waals surface area contributed by atoms with E-state index in [1.165, 1.54) is 12.3 Å². The molecule has 0 radical (unpaired) electrons. The van der Waals surface area contributed by atoms with Crippen LogP contribution in [0.3, 0.4) is 0 Å². The number of rotatable bonds is 6. The SMILES string of the molecule is CCOC(=O)[C@H]1CCCN(C(=O)/C(=C/c2ccco2)NC(=O)c2ccccc2)C1. The number of ether oxygens (including phenoxy) is 1. The van der Waals surface area contributed by atoms with Gasteiger partial charge in [-0.25, -0.2) is 0 Å². The fraction of sp³-hybridized carbons (Fsp3) is 0.318. The third kappa shape index (κ3) is 5.34. The van der Waals surface area contributed by atoms with Gasteiger partial charge in [-0.05, 0) is 44.0 Å². The molecule has 0 unspecified atom stereocenters. The molecule has 1 atom stereocenters. The van der Waals surface area contributed by atoms with Crippen LogP contribution < -0.4 is 5.32 Å². The average Bonchev–Trinajstić information content (AvgIpc) is 3.27. The summed E-state index contributed by atoms with van der Waals surface area (Å²) in [5, 5.41) is 2.69. The van der Waals surface area contributed by atoms with Crippen molar-refractivity contribution in [2.24, 2.45) is 5.92 Å². The molecule has 1 aromatic carbocycles. The van der Waals surface area contributed by atoms with Crippen LogP contribution in [0, 0.1) is 5.92 Å². The molecule has 0 aliphatic carbocycles. The second kappa shape index (κ2) is 9.73. The number of nitrogens with one attached hydrogen (secondary N) is 1. The fourth-order valence-corrected chi connectivity index (χ4v) is 3.24.